The van der Waals surface area contributed by atoms with Crippen LogP contribution < -0.4 is 10.2 Å². The van der Waals surface area contributed by atoms with Crippen LogP contribution in [0.4, 0.5) is 5.69 Å². The molecule has 2 aliphatic heterocycles. The number of carbonyl (C=O) groups is 2. The minimum absolute atomic E-state index is 0.00402. The van der Waals surface area contributed by atoms with Crippen LogP contribution in [0.25, 0.3) is 0 Å². The fourth-order valence-corrected chi connectivity index (χ4v) is 7.56. The summed E-state index contributed by atoms with van der Waals surface area (Å²) >= 11 is 0. The van der Waals surface area contributed by atoms with Crippen molar-refractivity contribution in [1.82, 2.24) is 9.62 Å². The molecule has 1 N–H and O–H groups in total. The third-order valence-electron chi connectivity index (χ3n) is 8.26. The summed E-state index contributed by atoms with van der Waals surface area (Å²) in [5, 5.41) is 3.22. The van der Waals surface area contributed by atoms with Crippen molar-refractivity contribution in [3.8, 4) is 0 Å². The van der Waals surface area contributed by atoms with Gasteiger partial charge in [-0.1, -0.05) is 19.8 Å². The average molecular weight is 488 g/mol. The third-order valence-corrected chi connectivity index (χ3v) is 10.1. The quantitative estimate of drug-likeness (QED) is 0.689. The van der Waals surface area contributed by atoms with Crippen molar-refractivity contribution in [2.45, 2.75) is 88.6 Å². The zero-order valence-electron chi connectivity index (χ0n) is 20.3. The van der Waals surface area contributed by atoms with Gasteiger partial charge in [0.25, 0.3) is 0 Å². The second kappa shape index (κ2) is 9.26. The predicted octanol–water partition coefficient (Wildman–Crippen LogP) is 3.47. The zero-order chi connectivity index (χ0) is 24.0. The van der Waals surface area contributed by atoms with Gasteiger partial charge in [0.2, 0.25) is 21.8 Å². The summed E-state index contributed by atoms with van der Waals surface area (Å²) in [5.74, 6) is 0.458. The number of sulfonamides is 1. The Hall–Kier alpha value is -1.93. The number of anilines is 1. The molecule has 2 saturated carbocycles. The molecule has 7 nitrogen and oxygen atoms in total. The molecular formula is C26H37N3O4S. The lowest BCUT2D eigenvalue weighted by atomic mass is 9.85. The van der Waals surface area contributed by atoms with Crippen molar-refractivity contribution < 1.29 is 18.0 Å². The number of carbonyl (C=O) groups excluding carboxylic acids is 2. The van der Waals surface area contributed by atoms with Crippen LogP contribution in [0.2, 0.25) is 0 Å². The van der Waals surface area contributed by atoms with E-state index < -0.39 is 10.0 Å². The van der Waals surface area contributed by atoms with Crippen molar-refractivity contribution in [2.75, 3.05) is 18.0 Å². The van der Waals surface area contributed by atoms with E-state index in [0.29, 0.717) is 25.3 Å². The fourth-order valence-electron chi connectivity index (χ4n) is 5.99. The molecule has 34 heavy (non-hydrogen) atoms. The Balaban J connectivity index is 1.29. The van der Waals surface area contributed by atoms with Crippen molar-refractivity contribution in [2.24, 2.45) is 17.8 Å². The standard InChI is InChI=1S/C26H37N3O4S/c1-17-6-3-4-8-23(17)27-25(30)20-7-5-13-28(16-20)34(32,33)22-11-12-24-21(15-22)14-18(2)29(24)26(31)19-9-10-19/h11-12,15,17-20,23H,3-10,13-14,16H2,1-2H3,(H,27,30)/t17-,18+,20-,23+/m1/s1. The van der Waals surface area contributed by atoms with E-state index in [1.807, 2.05) is 11.8 Å². The molecule has 4 atom stereocenters. The lowest BCUT2D eigenvalue weighted by Crippen LogP contribution is -2.49. The Labute approximate surface area is 203 Å². The van der Waals surface area contributed by atoms with E-state index in [4.69, 9.17) is 0 Å². The first-order chi connectivity index (χ1) is 16.3. The average Bonchev–Trinajstić information content (AvgIpc) is 3.62. The molecule has 3 fully saturated rings. The Morgan fingerprint density at radius 1 is 0.971 bits per heavy atom. The van der Waals surface area contributed by atoms with Gasteiger partial charge in [-0.05, 0) is 81.5 Å². The van der Waals surface area contributed by atoms with Crippen molar-refractivity contribution in [3.05, 3.63) is 23.8 Å². The van der Waals surface area contributed by atoms with Gasteiger partial charge in [0.1, 0.15) is 0 Å². The number of hydrogen-bond acceptors (Lipinski definition) is 4. The molecule has 1 aromatic carbocycles. The van der Waals surface area contributed by atoms with Crippen LogP contribution >= 0.6 is 0 Å². The van der Waals surface area contributed by atoms with Gasteiger partial charge < -0.3 is 10.2 Å². The summed E-state index contributed by atoms with van der Waals surface area (Å²) in [6.45, 7) is 4.88. The molecule has 2 amide bonds. The minimum atomic E-state index is -3.70. The van der Waals surface area contributed by atoms with E-state index >= 15 is 0 Å². The van der Waals surface area contributed by atoms with Crippen molar-refractivity contribution >= 4 is 27.5 Å². The van der Waals surface area contributed by atoms with Gasteiger partial charge >= 0.3 is 0 Å². The van der Waals surface area contributed by atoms with Crippen LogP contribution in [0, 0.1) is 17.8 Å². The maximum absolute atomic E-state index is 13.5. The third kappa shape index (κ3) is 4.51. The normalized spacial score (nSPS) is 30.1. The highest BCUT2D eigenvalue weighted by Crippen LogP contribution is 2.40. The first kappa shape index (κ1) is 23.8. The Kier molecular flexibility index (Phi) is 6.48. The molecule has 8 heteroatoms. The van der Waals surface area contributed by atoms with Crippen LogP contribution in [-0.2, 0) is 26.0 Å². The smallest absolute Gasteiger partial charge is 0.243 e. The van der Waals surface area contributed by atoms with Crippen molar-refractivity contribution in [1.29, 1.82) is 0 Å². The lowest BCUT2D eigenvalue weighted by Gasteiger charge is -2.34. The maximum Gasteiger partial charge on any atom is 0.243 e. The molecular weight excluding hydrogens is 450 g/mol. The van der Waals surface area contributed by atoms with Gasteiger partial charge in [-0.2, -0.15) is 4.31 Å². The first-order valence-electron chi connectivity index (χ1n) is 13.0. The predicted molar refractivity (Wildman–Crippen MR) is 131 cm³/mol. The largest absolute Gasteiger partial charge is 0.353 e. The highest BCUT2D eigenvalue weighted by Gasteiger charge is 2.40. The summed E-state index contributed by atoms with van der Waals surface area (Å²) in [5.41, 5.74) is 1.76. The fraction of sp³-hybridized carbons (Fsp3) is 0.692. The van der Waals surface area contributed by atoms with E-state index in [-0.39, 0.29) is 47.2 Å². The lowest BCUT2D eigenvalue weighted by molar-refractivity contribution is -0.127. The monoisotopic (exact) mass is 487 g/mol. The number of benzene rings is 1. The molecule has 0 aromatic heterocycles. The van der Waals surface area contributed by atoms with Crippen LogP contribution in [0.1, 0.15) is 70.8 Å². The number of piperidine rings is 1. The topological polar surface area (TPSA) is 86.8 Å². The molecule has 0 bridgehead atoms. The number of hydrogen-bond donors (Lipinski definition) is 1. The van der Waals surface area contributed by atoms with E-state index in [1.165, 1.54) is 10.7 Å². The SMILES string of the molecule is C[C@@H]1CCCC[C@@H]1NC(=O)[C@@H]1CCCN(S(=O)(=O)c2ccc3c(c2)C[C@H](C)N3C(=O)C2CC2)C1. The summed E-state index contributed by atoms with van der Waals surface area (Å²) in [6, 6.07) is 5.42. The molecule has 1 aromatic rings. The van der Waals surface area contributed by atoms with Crippen LogP contribution in [0.5, 0.6) is 0 Å². The molecule has 2 heterocycles. The second-order valence-electron chi connectivity index (χ2n) is 10.9. The Bertz CT molecular complexity index is 1070. The molecule has 1 saturated heterocycles. The Morgan fingerprint density at radius 3 is 2.47 bits per heavy atom. The second-order valence-corrected chi connectivity index (χ2v) is 12.8. The van der Waals surface area contributed by atoms with Crippen LogP contribution in [0.3, 0.4) is 0 Å². The molecule has 4 aliphatic rings. The summed E-state index contributed by atoms with van der Waals surface area (Å²) < 4.78 is 28.5. The molecule has 2 aliphatic carbocycles. The number of fused-ring (bicyclic) bond motifs is 1. The van der Waals surface area contributed by atoms with Gasteiger partial charge in [-0.3, -0.25) is 9.59 Å². The van der Waals surface area contributed by atoms with Crippen LogP contribution in [0.15, 0.2) is 23.1 Å². The van der Waals surface area contributed by atoms with Gasteiger partial charge in [0.15, 0.2) is 0 Å². The number of nitrogens with one attached hydrogen (secondary N) is 1. The van der Waals surface area contributed by atoms with E-state index in [9.17, 15) is 18.0 Å². The van der Waals surface area contributed by atoms with Gasteiger partial charge in [-0.25, -0.2) is 8.42 Å². The number of amides is 2. The molecule has 0 spiro atoms. The Morgan fingerprint density at radius 2 is 1.74 bits per heavy atom. The van der Waals surface area contributed by atoms with E-state index in [1.54, 1.807) is 18.2 Å². The number of rotatable bonds is 5. The highest BCUT2D eigenvalue weighted by molar-refractivity contribution is 7.89. The van der Waals surface area contributed by atoms with E-state index in [0.717, 1.165) is 49.8 Å². The first-order valence-corrected chi connectivity index (χ1v) is 14.5. The minimum Gasteiger partial charge on any atom is -0.353 e. The highest BCUT2D eigenvalue weighted by atomic mass is 32.2. The van der Waals surface area contributed by atoms with Gasteiger partial charge in [-0.15, -0.1) is 0 Å². The molecule has 5 rings (SSSR count). The van der Waals surface area contributed by atoms with Crippen LogP contribution in [-0.4, -0.2) is 49.7 Å². The van der Waals surface area contributed by atoms with Crippen molar-refractivity contribution in [3.63, 3.8) is 0 Å². The maximum atomic E-state index is 13.5. The summed E-state index contributed by atoms with van der Waals surface area (Å²) in [6.07, 6.45) is 8.48. The number of nitrogens with zero attached hydrogens (tertiary/aromatic N) is 2. The van der Waals surface area contributed by atoms with E-state index in [2.05, 4.69) is 12.2 Å². The summed E-state index contributed by atoms with van der Waals surface area (Å²) in [4.78, 5) is 27.9. The molecule has 0 radical (unpaired) electrons. The molecule has 186 valence electrons. The molecule has 0 unspecified atom stereocenters. The van der Waals surface area contributed by atoms with Gasteiger partial charge in [0.05, 0.1) is 10.8 Å². The van der Waals surface area contributed by atoms with Gasteiger partial charge in [0, 0.05) is 36.8 Å². The zero-order valence-corrected chi connectivity index (χ0v) is 21.1. The summed E-state index contributed by atoms with van der Waals surface area (Å²) in [7, 11) is -3.70.